The van der Waals surface area contributed by atoms with Crippen LogP contribution >= 0.6 is 0 Å². The smallest absolute Gasteiger partial charge is 0.246 e. The standard InChI is InChI=1S/C16H23N5O3S/c1-4-21-13(3)16(12(2)19-21)25(22,23)20-9-5-6-14(11-20)24-15-10-17-7-8-18-15/h7-8,10,14H,4-6,9,11H2,1-3H3. The highest BCUT2D eigenvalue weighted by atomic mass is 32.2. The average molecular weight is 365 g/mol. The molecule has 25 heavy (non-hydrogen) atoms. The van der Waals surface area contributed by atoms with Gasteiger partial charge in [0.25, 0.3) is 0 Å². The van der Waals surface area contributed by atoms with Crippen LogP contribution in [0.25, 0.3) is 0 Å². The quantitative estimate of drug-likeness (QED) is 0.798. The van der Waals surface area contributed by atoms with E-state index in [0.717, 1.165) is 12.8 Å². The van der Waals surface area contributed by atoms with Crippen LogP contribution in [-0.2, 0) is 16.6 Å². The highest BCUT2D eigenvalue weighted by molar-refractivity contribution is 7.89. The Kier molecular flexibility index (Phi) is 5.05. The van der Waals surface area contributed by atoms with E-state index in [1.165, 1.54) is 10.5 Å². The van der Waals surface area contributed by atoms with Gasteiger partial charge in [-0.2, -0.15) is 9.40 Å². The topological polar surface area (TPSA) is 90.2 Å². The highest BCUT2D eigenvalue weighted by Crippen LogP contribution is 2.27. The van der Waals surface area contributed by atoms with E-state index in [2.05, 4.69) is 15.1 Å². The second kappa shape index (κ2) is 7.09. The summed E-state index contributed by atoms with van der Waals surface area (Å²) in [6.45, 7) is 6.91. The number of rotatable bonds is 5. The Morgan fingerprint density at radius 3 is 2.76 bits per heavy atom. The van der Waals surface area contributed by atoms with Crippen LogP contribution in [0.1, 0.15) is 31.2 Å². The first-order valence-electron chi connectivity index (χ1n) is 8.40. The minimum atomic E-state index is -3.60. The molecule has 0 saturated carbocycles. The van der Waals surface area contributed by atoms with Crippen molar-refractivity contribution in [3.8, 4) is 5.88 Å². The molecular formula is C16H23N5O3S. The van der Waals surface area contributed by atoms with E-state index in [1.807, 2.05) is 6.92 Å². The van der Waals surface area contributed by atoms with Gasteiger partial charge in [0.15, 0.2) is 0 Å². The Bertz CT molecular complexity index is 835. The van der Waals surface area contributed by atoms with Gasteiger partial charge in [0.1, 0.15) is 11.0 Å². The molecule has 2 aromatic heterocycles. The van der Waals surface area contributed by atoms with Gasteiger partial charge in [0.05, 0.1) is 24.1 Å². The molecule has 1 unspecified atom stereocenters. The fraction of sp³-hybridized carbons (Fsp3) is 0.562. The monoisotopic (exact) mass is 365 g/mol. The normalized spacial score (nSPS) is 19.1. The Morgan fingerprint density at radius 1 is 1.32 bits per heavy atom. The zero-order chi connectivity index (χ0) is 18.0. The molecule has 1 saturated heterocycles. The van der Waals surface area contributed by atoms with Gasteiger partial charge in [0, 0.05) is 25.5 Å². The summed E-state index contributed by atoms with van der Waals surface area (Å²) in [4.78, 5) is 8.38. The number of piperidine rings is 1. The van der Waals surface area contributed by atoms with Crippen molar-refractivity contribution in [1.29, 1.82) is 0 Å². The van der Waals surface area contributed by atoms with Crippen LogP contribution in [0.3, 0.4) is 0 Å². The Labute approximate surface area is 147 Å². The minimum Gasteiger partial charge on any atom is -0.472 e. The van der Waals surface area contributed by atoms with Gasteiger partial charge >= 0.3 is 0 Å². The predicted molar refractivity (Wildman–Crippen MR) is 91.8 cm³/mol. The fourth-order valence-corrected chi connectivity index (χ4v) is 5.11. The van der Waals surface area contributed by atoms with Crippen LogP contribution in [0.4, 0.5) is 0 Å². The summed E-state index contributed by atoms with van der Waals surface area (Å²) in [6.07, 6.45) is 5.95. The van der Waals surface area contributed by atoms with Crippen molar-refractivity contribution in [3.63, 3.8) is 0 Å². The molecule has 0 amide bonds. The predicted octanol–water partition coefficient (Wildman–Crippen LogP) is 1.54. The third-order valence-corrected chi connectivity index (χ3v) is 6.50. The van der Waals surface area contributed by atoms with E-state index in [4.69, 9.17) is 4.74 Å². The van der Waals surface area contributed by atoms with Crippen molar-refractivity contribution >= 4 is 10.0 Å². The van der Waals surface area contributed by atoms with Crippen molar-refractivity contribution in [1.82, 2.24) is 24.1 Å². The van der Waals surface area contributed by atoms with Gasteiger partial charge in [-0.3, -0.25) is 9.67 Å². The molecule has 0 spiro atoms. The summed E-state index contributed by atoms with van der Waals surface area (Å²) >= 11 is 0. The van der Waals surface area contributed by atoms with Crippen LogP contribution in [-0.4, -0.2) is 51.7 Å². The van der Waals surface area contributed by atoms with Crippen LogP contribution in [0.2, 0.25) is 0 Å². The summed E-state index contributed by atoms with van der Waals surface area (Å²) in [7, 11) is -3.60. The van der Waals surface area contributed by atoms with Crippen molar-refractivity contribution < 1.29 is 13.2 Å². The molecule has 3 heterocycles. The van der Waals surface area contributed by atoms with Crippen molar-refractivity contribution in [2.45, 2.75) is 51.2 Å². The van der Waals surface area contributed by atoms with Crippen LogP contribution in [0.5, 0.6) is 5.88 Å². The van der Waals surface area contributed by atoms with Gasteiger partial charge in [-0.1, -0.05) is 0 Å². The summed E-state index contributed by atoms with van der Waals surface area (Å²) < 4.78 is 35.3. The first kappa shape index (κ1) is 17.8. The zero-order valence-electron chi connectivity index (χ0n) is 14.7. The summed E-state index contributed by atoms with van der Waals surface area (Å²) in [6, 6.07) is 0. The highest BCUT2D eigenvalue weighted by Gasteiger charge is 2.35. The van der Waals surface area contributed by atoms with E-state index < -0.39 is 10.0 Å². The summed E-state index contributed by atoms with van der Waals surface area (Å²) in [5.74, 6) is 0.415. The number of hydrogen-bond acceptors (Lipinski definition) is 6. The maximum absolute atomic E-state index is 13.1. The SMILES string of the molecule is CCn1nc(C)c(S(=O)(=O)N2CCCC(Oc3cnccn3)C2)c1C. The number of ether oxygens (including phenoxy) is 1. The van der Waals surface area contributed by atoms with Crippen molar-refractivity contribution in [2.75, 3.05) is 13.1 Å². The number of aromatic nitrogens is 4. The number of nitrogens with zero attached hydrogens (tertiary/aromatic N) is 5. The molecule has 0 bridgehead atoms. The number of sulfonamides is 1. The van der Waals surface area contributed by atoms with E-state index in [9.17, 15) is 8.42 Å². The molecule has 8 nitrogen and oxygen atoms in total. The van der Waals surface area contributed by atoms with Gasteiger partial charge < -0.3 is 4.74 Å². The second-order valence-electron chi connectivity index (χ2n) is 6.10. The van der Waals surface area contributed by atoms with Crippen LogP contribution < -0.4 is 4.74 Å². The Hall–Kier alpha value is -2.00. The first-order chi connectivity index (χ1) is 11.9. The van der Waals surface area contributed by atoms with E-state index >= 15 is 0 Å². The van der Waals surface area contributed by atoms with E-state index in [1.54, 1.807) is 30.9 Å². The lowest BCUT2D eigenvalue weighted by molar-refractivity contribution is 0.124. The number of aryl methyl sites for hydroxylation is 2. The maximum atomic E-state index is 13.1. The molecule has 136 valence electrons. The minimum absolute atomic E-state index is 0.234. The fourth-order valence-electron chi connectivity index (χ4n) is 3.23. The molecule has 9 heteroatoms. The van der Waals surface area contributed by atoms with Gasteiger partial charge in [-0.25, -0.2) is 13.4 Å². The lowest BCUT2D eigenvalue weighted by Gasteiger charge is -2.31. The third-order valence-electron chi connectivity index (χ3n) is 4.38. The zero-order valence-corrected chi connectivity index (χ0v) is 15.5. The lowest BCUT2D eigenvalue weighted by atomic mass is 10.1. The van der Waals surface area contributed by atoms with E-state index in [-0.39, 0.29) is 6.10 Å². The second-order valence-corrected chi connectivity index (χ2v) is 7.98. The summed E-state index contributed by atoms with van der Waals surface area (Å²) in [5.41, 5.74) is 1.22. The van der Waals surface area contributed by atoms with Crippen LogP contribution in [0, 0.1) is 13.8 Å². The van der Waals surface area contributed by atoms with Crippen molar-refractivity contribution in [3.05, 3.63) is 30.0 Å². The van der Waals surface area contributed by atoms with Crippen molar-refractivity contribution in [2.24, 2.45) is 0 Å². The molecular weight excluding hydrogens is 342 g/mol. The molecule has 0 aromatic carbocycles. The van der Waals surface area contributed by atoms with Gasteiger partial charge in [0.2, 0.25) is 15.9 Å². The lowest BCUT2D eigenvalue weighted by Crippen LogP contribution is -2.44. The third kappa shape index (κ3) is 3.52. The molecule has 1 aliphatic rings. The molecule has 0 aliphatic carbocycles. The van der Waals surface area contributed by atoms with E-state index in [0.29, 0.717) is 41.8 Å². The van der Waals surface area contributed by atoms with Crippen LogP contribution in [0.15, 0.2) is 23.5 Å². The molecule has 3 rings (SSSR count). The summed E-state index contributed by atoms with van der Waals surface area (Å²) in [5, 5.41) is 4.34. The van der Waals surface area contributed by atoms with Gasteiger partial charge in [-0.05, 0) is 33.6 Å². The molecule has 1 fully saturated rings. The molecule has 1 atom stereocenters. The largest absolute Gasteiger partial charge is 0.472 e. The molecule has 1 aliphatic heterocycles. The maximum Gasteiger partial charge on any atom is 0.246 e. The number of hydrogen-bond donors (Lipinski definition) is 0. The van der Waals surface area contributed by atoms with Gasteiger partial charge in [-0.15, -0.1) is 0 Å². The molecule has 0 radical (unpaired) electrons. The molecule has 2 aromatic rings. The Balaban J connectivity index is 1.82. The molecule has 0 N–H and O–H groups in total. The Morgan fingerprint density at radius 2 is 2.12 bits per heavy atom. The average Bonchev–Trinajstić information content (AvgIpc) is 2.90. The first-order valence-corrected chi connectivity index (χ1v) is 9.84.